The largest absolute Gasteiger partial charge is 0.329 e. The Labute approximate surface area is 178 Å². The van der Waals surface area contributed by atoms with Crippen LogP contribution in [0.4, 0.5) is 10.1 Å². The zero-order valence-electron chi connectivity index (χ0n) is 17.1. The lowest BCUT2D eigenvalue weighted by molar-refractivity contribution is 0.625. The van der Waals surface area contributed by atoms with Crippen LogP contribution in [0.1, 0.15) is 18.1 Å². The lowest BCUT2D eigenvalue weighted by atomic mass is 10.0. The van der Waals surface area contributed by atoms with Crippen molar-refractivity contribution in [2.45, 2.75) is 20.4 Å². The van der Waals surface area contributed by atoms with E-state index in [1.165, 1.54) is 12.1 Å². The maximum Gasteiger partial charge on any atom is 0.253 e. The molecular weight excluding hydrogens is 399 g/mol. The molecule has 0 saturated heterocycles. The second kappa shape index (κ2) is 8.36. The van der Waals surface area contributed by atoms with Gasteiger partial charge in [-0.1, -0.05) is 31.0 Å². The molecule has 0 spiro atoms. The molecule has 0 aliphatic carbocycles. The zero-order valence-corrected chi connectivity index (χ0v) is 18.0. The molecule has 4 aromatic rings. The van der Waals surface area contributed by atoms with E-state index in [2.05, 4.69) is 28.9 Å². The van der Waals surface area contributed by atoms with Crippen molar-refractivity contribution in [2.24, 2.45) is 7.05 Å². The van der Waals surface area contributed by atoms with Crippen LogP contribution in [-0.2, 0) is 13.6 Å². The van der Waals surface area contributed by atoms with Gasteiger partial charge in [0.1, 0.15) is 5.82 Å². The van der Waals surface area contributed by atoms with Crippen LogP contribution in [0, 0.1) is 12.7 Å². The van der Waals surface area contributed by atoms with E-state index >= 15 is 0 Å². The molecule has 1 N–H and O–H groups in total. The van der Waals surface area contributed by atoms with Gasteiger partial charge >= 0.3 is 0 Å². The third kappa shape index (κ3) is 3.98. The summed E-state index contributed by atoms with van der Waals surface area (Å²) in [6, 6.07) is 12.6. The molecule has 4 rings (SSSR count). The van der Waals surface area contributed by atoms with E-state index in [-0.39, 0.29) is 11.4 Å². The van der Waals surface area contributed by atoms with Crippen LogP contribution in [-0.4, -0.2) is 20.1 Å². The predicted molar refractivity (Wildman–Crippen MR) is 122 cm³/mol. The van der Waals surface area contributed by atoms with Gasteiger partial charge in [0.25, 0.3) is 5.56 Å². The number of pyridine rings is 1. The molecule has 154 valence electrons. The monoisotopic (exact) mass is 422 g/mol. The average Bonchev–Trinajstić information content (AvgIpc) is 3.14. The number of aromatic nitrogens is 3. The SMILES string of the molecule is CCSNc1cc(-c2cc(C)c(=O)n(C)c2)cc2c1cnn2Cc1ccc(F)cc1. The third-order valence-corrected chi connectivity index (χ3v) is 5.68. The van der Waals surface area contributed by atoms with Crippen molar-refractivity contribution in [2.75, 3.05) is 10.5 Å². The summed E-state index contributed by atoms with van der Waals surface area (Å²) in [7, 11) is 1.77. The van der Waals surface area contributed by atoms with Crippen LogP contribution in [0.5, 0.6) is 0 Å². The van der Waals surface area contributed by atoms with Gasteiger partial charge in [-0.2, -0.15) is 5.10 Å². The molecule has 0 aliphatic heterocycles. The number of nitrogens with zero attached hydrogens (tertiary/aromatic N) is 3. The van der Waals surface area contributed by atoms with Gasteiger partial charge in [-0.15, -0.1) is 0 Å². The highest BCUT2D eigenvalue weighted by Gasteiger charge is 2.13. The van der Waals surface area contributed by atoms with Gasteiger partial charge in [-0.3, -0.25) is 9.48 Å². The number of rotatable bonds is 6. The first kappa shape index (κ1) is 20.2. The minimum atomic E-state index is -0.250. The van der Waals surface area contributed by atoms with E-state index in [4.69, 9.17) is 0 Å². The van der Waals surface area contributed by atoms with Crippen LogP contribution in [0.25, 0.3) is 22.0 Å². The van der Waals surface area contributed by atoms with E-state index in [9.17, 15) is 9.18 Å². The number of hydrogen-bond acceptors (Lipinski definition) is 4. The summed E-state index contributed by atoms with van der Waals surface area (Å²) in [4.78, 5) is 12.1. The van der Waals surface area contributed by atoms with Crippen LogP contribution in [0.15, 0.2) is 59.7 Å². The normalized spacial score (nSPS) is 11.2. The first-order valence-corrected chi connectivity index (χ1v) is 10.7. The lowest BCUT2D eigenvalue weighted by Crippen LogP contribution is -2.18. The molecule has 0 fully saturated rings. The van der Waals surface area contributed by atoms with E-state index < -0.39 is 0 Å². The summed E-state index contributed by atoms with van der Waals surface area (Å²) in [6.45, 7) is 4.46. The number of aryl methyl sites for hydroxylation is 2. The van der Waals surface area contributed by atoms with Crippen molar-refractivity contribution in [1.29, 1.82) is 0 Å². The van der Waals surface area contributed by atoms with Gasteiger partial charge in [0, 0.05) is 29.9 Å². The molecule has 0 unspecified atom stereocenters. The van der Waals surface area contributed by atoms with Crippen molar-refractivity contribution >= 4 is 28.5 Å². The van der Waals surface area contributed by atoms with Crippen molar-refractivity contribution in [3.8, 4) is 11.1 Å². The molecular formula is C23H23FN4OS. The number of halogens is 1. The van der Waals surface area contributed by atoms with Gasteiger partial charge in [-0.25, -0.2) is 4.39 Å². The van der Waals surface area contributed by atoms with E-state index in [1.807, 2.05) is 30.1 Å². The zero-order chi connectivity index (χ0) is 21.3. The predicted octanol–water partition coefficient (Wildman–Crippen LogP) is 4.98. The first-order valence-electron chi connectivity index (χ1n) is 9.75. The van der Waals surface area contributed by atoms with E-state index in [0.717, 1.165) is 39.0 Å². The van der Waals surface area contributed by atoms with E-state index in [1.54, 1.807) is 35.7 Å². The molecule has 0 amide bonds. The molecule has 7 heteroatoms. The Morgan fingerprint density at radius 2 is 1.90 bits per heavy atom. The highest BCUT2D eigenvalue weighted by Crippen LogP contribution is 2.32. The van der Waals surface area contributed by atoms with Gasteiger partial charge in [0.2, 0.25) is 0 Å². The smallest absolute Gasteiger partial charge is 0.253 e. The minimum Gasteiger partial charge on any atom is -0.329 e. The molecule has 0 bridgehead atoms. The molecule has 2 aromatic heterocycles. The Morgan fingerprint density at radius 1 is 1.13 bits per heavy atom. The molecule has 0 atom stereocenters. The fourth-order valence-electron chi connectivity index (χ4n) is 3.50. The topological polar surface area (TPSA) is 51.9 Å². The second-order valence-corrected chi connectivity index (χ2v) is 8.32. The molecule has 0 aliphatic rings. The Morgan fingerprint density at radius 3 is 2.60 bits per heavy atom. The number of nitrogens with one attached hydrogen (secondary N) is 1. The fourth-order valence-corrected chi connectivity index (χ4v) is 3.97. The minimum absolute atomic E-state index is 0.000988. The number of anilines is 1. The van der Waals surface area contributed by atoms with E-state index in [0.29, 0.717) is 12.1 Å². The number of fused-ring (bicyclic) bond motifs is 1. The molecule has 0 saturated carbocycles. The summed E-state index contributed by atoms with van der Waals surface area (Å²) in [5.41, 5.74) is 5.60. The Kier molecular flexibility index (Phi) is 5.63. The molecule has 5 nitrogen and oxygen atoms in total. The van der Waals surface area contributed by atoms with Gasteiger partial charge in [-0.05, 0) is 53.9 Å². The molecule has 0 radical (unpaired) electrons. The Bertz CT molecular complexity index is 1230. The summed E-state index contributed by atoms with van der Waals surface area (Å²) >= 11 is 1.62. The van der Waals surface area contributed by atoms with Crippen LogP contribution >= 0.6 is 11.9 Å². The Hall–Kier alpha value is -3.06. The summed E-state index contributed by atoms with van der Waals surface area (Å²) in [6.07, 6.45) is 3.71. The summed E-state index contributed by atoms with van der Waals surface area (Å²) in [5.74, 6) is 0.675. The Balaban J connectivity index is 1.84. The lowest BCUT2D eigenvalue weighted by Gasteiger charge is -2.12. The fraction of sp³-hybridized carbons (Fsp3) is 0.217. The van der Waals surface area contributed by atoms with Gasteiger partial charge in [0.15, 0.2) is 0 Å². The van der Waals surface area contributed by atoms with Crippen LogP contribution in [0.3, 0.4) is 0 Å². The van der Waals surface area contributed by atoms with Crippen molar-refractivity contribution in [1.82, 2.24) is 14.3 Å². The molecule has 2 aromatic carbocycles. The van der Waals surface area contributed by atoms with Crippen LogP contribution in [0.2, 0.25) is 0 Å². The summed E-state index contributed by atoms with van der Waals surface area (Å²) < 4.78 is 20.2. The average molecular weight is 423 g/mol. The third-order valence-electron chi connectivity index (χ3n) is 5.03. The quantitative estimate of drug-likeness (QED) is 0.446. The van der Waals surface area contributed by atoms with Crippen molar-refractivity contribution in [3.63, 3.8) is 0 Å². The molecule has 2 heterocycles. The van der Waals surface area contributed by atoms with Crippen LogP contribution < -0.4 is 10.3 Å². The van der Waals surface area contributed by atoms with Crippen molar-refractivity contribution < 1.29 is 4.39 Å². The molecule has 30 heavy (non-hydrogen) atoms. The number of benzene rings is 2. The van der Waals surface area contributed by atoms with Gasteiger partial charge < -0.3 is 9.29 Å². The standard InChI is InChI=1S/C23H23FN4OS/c1-4-30-26-21-10-17(18-9-15(2)23(29)27(3)14-18)11-22-20(21)12-25-28(22)13-16-5-7-19(24)8-6-16/h5-12,14,26H,4,13H2,1-3H3. The maximum absolute atomic E-state index is 13.3. The second-order valence-electron chi connectivity index (χ2n) is 7.25. The summed E-state index contributed by atoms with van der Waals surface area (Å²) in [5, 5.41) is 5.60. The number of hydrogen-bond donors (Lipinski definition) is 1. The maximum atomic E-state index is 13.3. The highest BCUT2D eigenvalue weighted by atomic mass is 32.2. The van der Waals surface area contributed by atoms with Gasteiger partial charge in [0.05, 0.1) is 23.9 Å². The van der Waals surface area contributed by atoms with Crippen molar-refractivity contribution in [3.05, 3.63) is 82.2 Å². The first-order chi connectivity index (χ1) is 14.5. The highest BCUT2D eigenvalue weighted by molar-refractivity contribution is 8.00.